The van der Waals surface area contributed by atoms with Crippen molar-refractivity contribution in [3.63, 3.8) is 0 Å². The van der Waals surface area contributed by atoms with E-state index in [4.69, 9.17) is 0 Å². The number of rotatable bonds is 6. The zero-order valence-corrected chi connectivity index (χ0v) is 13.8. The van der Waals surface area contributed by atoms with Crippen LogP contribution >= 0.6 is 11.3 Å². The van der Waals surface area contributed by atoms with E-state index in [1.807, 2.05) is 11.3 Å². The van der Waals surface area contributed by atoms with Crippen molar-refractivity contribution in [1.82, 2.24) is 4.90 Å². The van der Waals surface area contributed by atoms with Crippen LogP contribution in [0.3, 0.4) is 0 Å². The number of aliphatic hydroxyl groups excluding tert-OH is 1. The summed E-state index contributed by atoms with van der Waals surface area (Å²) in [5, 5.41) is 12.2. The average Bonchev–Trinajstić information content (AvgIpc) is 2.83. The summed E-state index contributed by atoms with van der Waals surface area (Å²) in [5.41, 5.74) is 0.137. The minimum absolute atomic E-state index is 0.137. The van der Waals surface area contributed by atoms with E-state index in [1.54, 1.807) is 0 Å². The lowest BCUT2D eigenvalue weighted by atomic mass is 9.80. The van der Waals surface area contributed by atoms with Gasteiger partial charge in [0, 0.05) is 36.0 Å². The first-order valence-corrected chi connectivity index (χ1v) is 8.90. The van der Waals surface area contributed by atoms with Gasteiger partial charge < -0.3 is 5.11 Å². The van der Waals surface area contributed by atoms with Crippen LogP contribution in [0.25, 0.3) is 0 Å². The fourth-order valence-corrected chi connectivity index (χ4v) is 4.03. The first-order chi connectivity index (χ1) is 9.65. The lowest BCUT2D eigenvalue weighted by Crippen LogP contribution is -2.42. The van der Waals surface area contributed by atoms with E-state index in [0.29, 0.717) is 12.6 Å². The molecule has 1 aliphatic rings. The molecule has 0 atom stereocenters. The molecule has 0 bridgehead atoms. The van der Waals surface area contributed by atoms with Gasteiger partial charge in [0.1, 0.15) is 0 Å². The summed E-state index contributed by atoms with van der Waals surface area (Å²) < 4.78 is 0. The average molecular weight is 295 g/mol. The SMILES string of the molecule is CC(C)N(Cc1cccs1)CC1(CO)CCCCCC1. The van der Waals surface area contributed by atoms with Crippen LogP contribution in [0.1, 0.15) is 57.2 Å². The Morgan fingerprint density at radius 1 is 1.25 bits per heavy atom. The fourth-order valence-electron chi connectivity index (χ4n) is 3.30. The van der Waals surface area contributed by atoms with Gasteiger partial charge in [0.05, 0.1) is 0 Å². The topological polar surface area (TPSA) is 23.5 Å². The van der Waals surface area contributed by atoms with E-state index < -0.39 is 0 Å². The van der Waals surface area contributed by atoms with E-state index in [1.165, 1.54) is 43.4 Å². The van der Waals surface area contributed by atoms with E-state index in [9.17, 15) is 5.11 Å². The Morgan fingerprint density at radius 3 is 2.45 bits per heavy atom. The maximum absolute atomic E-state index is 10.00. The van der Waals surface area contributed by atoms with Gasteiger partial charge in [0.15, 0.2) is 0 Å². The van der Waals surface area contributed by atoms with Crippen molar-refractivity contribution < 1.29 is 5.11 Å². The van der Waals surface area contributed by atoms with Gasteiger partial charge in [-0.3, -0.25) is 4.90 Å². The molecule has 3 heteroatoms. The zero-order valence-electron chi connectivity index (χ0n) is 13.0. The van der Waals surface area contributed by atoms with E-state index >= 15 is 0 Å². The van der Waals surface area contributed by atoms with Crippen molar-refractivity contribution in [3.05, 3.63) is 22.4 Å². The summed E-state index contributed by atoms with van der Waals surface area (Å²) in [6, 6.07) is 4.88. The summed E-state index contributed by atoms with van der Waals surface area (Å²) in [7, 11) is 0. The first kappa shape index (κ1) is 16.0. The lowest BCUT2D eigenvalue weighted by Gasteiger charge is -2.38. The molecule has 0 spiro atoms. The quantitative estimate of drug-likeness (QED) is 0.791. The van der Waals surface area contributed by atoms with Crippen LogP contribution in [-0.4, -0.2) is 29.2 Å². The Morgan fingerprint density at radius 2 is 1.95 bits per heavy atom. The summed E-state index contributed by atoms with van der Waals surface area (Å²) >= 11 is 1.84. The molecule has 1 N–H and O–H groups in total. The van der Waals surface area contributed by atoms with Crippen LogP contribution in [0.15, 0.2) is 17.5 Å². The van der Waals surface area contributed by atoms with Crippen molar-refractivity contribution in [2.75, 3.05) is 13.2 Å². The second-order valence-electron chi connectivity index (χ2n) is 6.65. The summed E-state index contributed by atoms with van der Waals surface area (Å²) in [6.45, 7) is 6.96. The van der Waals surface area contributed by atoms with Gasteiger partial charge in [-0.1, -0.05) is 31.7 Å². The molecule has 20 heavy (non-hydrogen) atoms. The molecule has 1 aromatic heterocycles. The highest BCUT2D eigenvalue weighted by Crippen LogP contribution is 2.36. The minimum atomic E-state index is 0.137. The minimum Gasteiger partial charge on any atom is -0.396 e. The molecule has 0 aliphatic heterocycles. The number of nitrogens with zero attached hydrogens (tertiary/aromatic N) is 1. The molecule has 1 aromatic rings. The molecule has 0 unspecified atom stereocenters. The first-order valence-electron chi connectivity index (χ1n) is 8.02. The molecule has 0 saturated heterocycles. The zero-order chi connectivity index (χ0) is 14.4. The molecule has 0 aromatic carbocycles. The molecule has 2 rings (SSSR count). The third-order valence-corrected chi connectivity index (χ3v) is 5.57. The normalized spacial score (nSPS) is 19.4. The molecule has 2 nitrogen and oxygen atoms in total. The van der Waals surface area contributed by atoms with Gasteiger partial charge in [-0.15, -0.1) is 11.3 Å². The Hall–Kier alpha value is -0.380. The van der Waals surface area contributed by atoms with Gasteiger partial charge in [0.25, 0.3) is 0 Å². The largest absolute Gasteiger partial charge is 0.396 e. The Labute approximate surface area is 127 Å². The third-order valence-electron chi connectivity index (χ3n) is 4.71. The Balaban J connectivity index is 2.04. The van der Waals surface area contributed by atoms with Crippen molar-refractivity contribution >= 4 is 11.3 Å². The number of aliphatic hydroxyl groups is 1. The molecule has 1 saturated carbocycles. The lowest BCUT2D eigenvalue weighted by molar-refractivity contribution is 0.0440. The molecule has 0 amide bonds. The van der Waals surface area contributed by atoms with E-state index in [-0.39, 0.29) is 5.41 Å². The van der Waals surface area contributed by atoms with Crippen LogP contribution in [-0.2, 0) is 6.54 Å². The van der Waals surface area contributed by atoms with Gasteiger partial charge in [-0.2, -0.15) is 0 Å². The molecule has 1 aliphatic carbocycles. The fraction of sp³-hybridized carbons (Fsp3) is 0.765. The highest BCUT2D eigenvalue weighted by molar-refractivity contribution is 7.09. The standard InChI is InChI=1S/C17H29NOS/c1-15(2)18(12-16-8-7-11-20-16)13-17(14-19)9-5-3-4-6-10-17/h7-8,11,15,19H,3-6,9-10,12-14H2,1-2H3. The van der Waals surface area contributed by atoms with Gasteiger partial charge in [0.2, 0.25) is 0 Å². The summed E-state index contributed by atoms with van der Waals surface area (Å²) in [6.07, 6.45) is 7.63. The molecule has 1 heterocycles. The highest BCUT2D eigenvalue weighted by atomic mass is 32.1. The molecule has 1 fully saturated rings. The molecular formula is C17H29NOS. The van der Waals surface area contributed by atoms with Gasteiger partial charge in [-0.05, 0) is 38.1 Å². The second kappa shape index (κ2) is 7.58. The van der Waals surface area contributed by atoms with E-state index in [2.05, 4.69) is 36.3 Å². The smallest absolute Gasteiger partial charge is 0.0499 e. The maximum Gasteiger partial charge on any atom is 0.0499 e. The Bertz CT molecular complexity index is 366. The predicted octanol–water partition coefficient (Wildman–Crippen LogP) is 4.29. The summed E-state index contributed by atoms with van der Waals surface area (Å²) in [4.78, 5) is 3.98. The molecular weight excluding hydrogens is 266 g/mol. The number of hydrogen-bond acceptors (Lipinski definition) is 3. The van der Waals surface area contributed by atoms with Crippen molar-refractivity contribution in [2.45, 2.75) is 65.0 Å². The molecule has 114 valence electrons. The van der Waals surface area contributed by atoms with Crippen LogP contribution < -0.4 is 0 Å². The highest BCUT2D eigenvalue weighted by Gasteiger charge is 2.33. The van der Waals surface area contributed by atoms with Crippen LogP contribution in [0.2, 0.25) is 0 Å². The van der Waals surface area contributed by atoms with Crippen LogP contribution in [0, 0.1) is 5.41 Å². The second-order valence-corrected chi connectivity index (χ2v) is 7.68. The third kappa shape index (κ3) is 4.31. The van der Waals surface area contributed by atoms with Crippen LogP contribution in [0.4, 0.5) is 0 Å². The van der Waals surface area contributed by atoms with Crippen molar-refractivity contribution in [2.24, 2.45) is 5.41 Å². The Kier molecular flexibility index (Phi) is 6.06. The monoisotopic (exact) mass is 295 g/mol. The summed E-state index contributed by atoms with van der Waals surface area (Å²) in [5.74, 6) is 0. The van der Waals surface area contributed by atoms with Crippen molar-refractivity contribution in [1.29, 1.82) is 0 Å². The molecule has 0 radical (unpaired) electrons. The number of thiophene rings is 1. The van der Waals surface area contributed by atoms with Gasteiger partial charge in [-0.25, -0.2) is 0 Å². The van der Waals surface area contributed by atoms with Crippen LogP contribution in [0.5, 0.6) is 0 Å². The van der Waals surface area contributed by atoms with E-state index in [0.717, 1.165) is 13.1 Å². The van der Waals surface area contributed by atoms with Crippen molar-refractivity contribution in [3.8, 4) is 0 Å². The maximum atomic E-state index is 10.00. The predicted molar refractivity (Wildman–Crippen MR) is 87.1 cm³/mol. The van der Waals surface area contributed by atoms with Gasteiger partial charge >= 0.3 is 0 Å². The number of hydrogen-bond donors (Lipinski definition) is 1.